The maximum absolute atomic E-state index is 11.8. The van der Waals surface area contributed by atoms with Gasteiger partial charge < -0.3 is 21.1 Å². The van der Waals surface area contributed by atoms with Crippen LogP contribution in [0.1, 0.15) is 47.2 Å². The first-order chi connectivity index (χ1) is 12.3. The first kappa shape index (κ1) is 17.3. The van der Waals surface area contributed by atoms with Gasteiger partial charge in [0.15, 0.2) is 0 Å². The van der Waals surface area contributed by atoms with Crippen molar-refractivity contribution in [3.63, 3.8) is 0 Å². The highest BCUT2D eigenvalue weighted by atomic mass is 16.3. The van der Waals surface area contributed by atoms with Crippen molar-refractivity contribution in [1.82, 2.24) is 0 Å². The van der Waals surface area contributed by atoms with Gasteiger partial charge in [0.1, 0.15) is 5.75 Å². The van der Waals surface area contributed by atoms with E-state index in [-0.39, 0.29) is 23.1 Å². The van der Waals surface area contributed by atoms with Crippen molar-refractivity contribution in [3.05, 3.63) is 53.6 Å². The summed E-state index contributed by atoms with van der Waals surface area (Å²) < 4.78 is 0. The van der Waals surface area contributed by atoms with E-state index in [2.05, 4.69) is 6.58 Å². The summed E-state index contributed by atoms with van der Waals surface area (Å²) in [7, 11) is 0. The van der Waals surface area contributed by atoms with Crippen LogP contribution in [-0.2, 0) is 11.8 Å². The van der Waals surface area contributed by atoms with Crippen LogP contribution in [0, 0.1) is 11.8 Å². The normalized spacial score (nSPS) is 37.5. The van der Waals surface area contributed by atoms with E-state index in [0.29, 0.717) is 24.8 Å². The van der Waals surface area contributed by atoms with Gasteiger partial charge in [-0.2, -0.15) is 0 Å². The Balaban J connectivity index is 1.99. The lowest BCUT2D eigenvalue weighted by molar-refractivity contribution is -0.126. The lowest BCUT2D eigenvalue weighted by atomic mass is 9.45. The van der Waals surface area contributed by atoms with Crippen molar-refractivity contribution in [1.29, 1.82) is 0 Å². The third-order valence-corrected chi connectivity index (χ3v) is 6.89. The molecule has 5 heteroatoms. The number of amides is 1. The second-order valence-corrected chi connectivity index (χ2v) is 8.03. The number of hydrogen-bond donors (Lipinski definition) is 4. The van der Waals surface area contributed by atoms with Crippen LogP contribution < -0.4 is 5.73 Å². The Kier molecular flexibility index (Phi) is 3.79. The zero-order valence-electron chi connectivity index (χ0n) is 14.7. The number of phenols is 1. The quantitative estimate of drug-likeness (QED) is 0.622. The molecule has 1 aromatic rings. The molecule has 5 N–H and O–H groups in total. The largest absolute Gasteiger partial charge is 0.507 e. The zero-order valence-corrected chi connectivity index (χ0v) is 14.7. The zero-order chi connectivity index (χ0) is 18.7. The smallest absolute Gasteiger partial charge is 0.252 e. The van der Waals surface area contributed by atoms with Crippen LogP contribution in [0.4, 0.5) is 0 Å². The van der Waals surface area contributed by atoms with Crippen molar-refractivity contribution in [2.75, 3.05) is 0 Å². The number of aliphatic hydroxyl groups is 2. The molecular weight excluding hydrogens is 330 g/mol. The van der Waals surface area contributed by atoms with Gasteiger partial charge in [-0.3, -0.25) is 4.79 Å². The van der Waals surface area contributed by atoms with E-state index in [0.717, 1.165) is 18.4 Å². The first-order valence-corrected chi connectivity index (χ1v) is 9.20. The minimum absolute atomic E-state index is 0.0238. The fourth-order valence-electron chi connectivity index (χ4n) is 5.80. The topological polar surface area (TPSA) is 104 Å². The van der Waals surface area contributed by atoms with E-state index in [1.165, 1.54) is 0 Å². The average molecular weight is 355 g/mol. The second kappa shape index (κ2) is 5.69. The maximum Gasteiger partial charge on any atom is 0.252 e. The van der Waals surface area contributed by atoms with Crippen LogP contribution in [0.15, 0.2) is 36.9 Å². The fraction of sp³-hybridized carbons (Fsp3) is 0.476. The molecule has 1 fully saturated rings. The minimum atomic E-state index is -1.17. The molecule has 0 aromatic heterocycles. The molecule has 1 amide bonds. The predicted octanol–water partition coefficient (Wildman–Crippen LogP) is 1.94. The summed E-state index contributed by atoms with van der Waals surface area (Å²) in [5.74, 6) is -0.572. The molecule has 26 heavy (non-hydrogen) atoms. The Hall–Kier alpha value is -2.11. The fourth-order valence-corrected chi connectivity index (χ4v) is 5.80. The van der Waals surface area contributed by atoms with Gasteiger partial charge in [0, 0.05) is 11.0 Å². The molecule has 4 rings (SSSR count). The Morgan fingerprint density at radius 3 is 2.88 bits per heavy atom. The number of aromatic hydroxyl groups is 1. The minimum Gasteiger partial charge on any atom is -0.507 e. The Morgan fingerprint density at radius 1 is 1.42 bits per heavy atom. The molecule has 5 atom stereocenters. The molecule has 2 bridgehead atoms. The Bertz CT molecular complexity index is 816. The van der Waals surface area contributed by atoms with Gasteiger partial charge in [-0.1, -0.05) is 24.3 Å². The number of allylic oxidation sites excluding steroid dienone is 1. The standard InChI is InChI=1S/C21H25NO4/c1-2-3-12-6-8-20-11-14(23)7-9-21(20,26)16(12)10-13-4-5-15(19(22)25)18(24)17(13)20/h2,4-5,7,9,12,14,16,23-24,26H,1,3,6,8,10-11H2,(H2,22,25)/t12?,14?,16-,20+,21+/m0/s1. The number of carbonyl (C=O) groups excluding carboxylic acids is 1. The molecule has 138 valence electrons. The number of hydrogen-bond acceptors (Lipinski definition) is 4. The van der Waals surface area contributed by atoms with E-state index in [4.69, 9.17) is 5.73 Å². The highest BCUT2D eigenvalue weighted by Gasteiger charge is 2.64. The lowest BCUT2D eigenvalue weighted by Crippen LogP contribution is -2.65. The van der Waals surface area contributed by atoms with E-state index < -0.39 is 23.0 Å². The van der Waals surface area contributed by atoms with Crippen molar-refractivity contribution < 1.29 is 20.1 Å². The first-order valence-electron chi connectivity index (χ1n) is 9.20. The summed E-state index contributed by atoms with van der Waals surface area (Å²) in [6.07, 6.45) is 7.82. The van der Waals surface area contributed by atoms with Gasteiger partial charge in [-0.05, 0) is 55.6 Å². The van der Waals surface area contributed by atoms with E-state index in [9.17, 15) is 20.1 Å². The van der Waals surface area contributed by atoms with E-state index in [1.807, 2.05) is 12.1 Å². The van der Waals surface area contributed by atoms with Crippen LogP contribution in [0.3, 0.4) is 0 Å². The monoisotopic (exact) mass is 355 g/mol. The lowest BCUT2D eigenvalue weighted by Gasteiger charge is -2.61. The SMILES string of the molecule is C=CCC1CC[C@]23CC(O)C=C[C@@]2(O)[C@H]1Cc1ccc(C(N)=O)c(O)c13. The van der Waals surface area contributed by atoms with Crippen LogP contribution in [0.25, 0.3) is 0 Å². The molecule has 5 nitrogen and oxygen atoms in total. The summed E-state index contributed by atoms with van der Waals surface area (Å²) in [6.45, 7) is 3.86. The summed E-state index contributed by atoms with van der Waals surface area (Å²) in [6, 6.07) is 3.40. The summed E-state index contributed by atoms with van der Waals surface area (Å²) in [4.78, 5) is 11.7. The van der Waals surface area contributed by atoms with Crippen molar-refractivity contribution >= 4 is 5.91 Å². The van der Waals surface area contributed by atoms with E-state index in [1.54, 1.807) is 18.2 Å². The third kappa shape index (κ3) is 2.07. The van der Waals surface area contributed by atoms with Crippen LogP contribution in [0.5, 0.6) is 5.75 Å². The molecule has 0 aliphatic heterocycles. The molecular formula is C21H25NO4. The molecule has 0 heterocycles. The van der Waals surface area contributed by atoms with Gasteiger partial charge in [0.25, 0.3) is 5.91 Å². The van der Waals surface area contributed by atoms with Gasteiger partial charge >= 0.3 is 0 Å². The number of carbonyl (C=O) groups is 1. The van der Waals surface area contributed by atoms with Crippen molar-refractivity contribution in [2.45, 2.75) is 49.2 Å². The third-order valence-electron chi connectivity index (χ3n) is 6.89. The van der Waals surface area contributed by atoms with Gasteiger partial charge in [-0.15, -0.1) is 6.58 Å². The van der Waals surface area contributed by atoms with E-state index >= 15 is 0 Å². The molecule has 3 aliphatic carbocycles. The molecule has 1 aromatic carbocycles. The molecule has 1 saturated carbocycles. The highest BCUT2D eigenvalue weighted by Crippen LogP contribution is 2.63. The van der Waals surface area contributed by atoms with Crippen molar-refractivity contribution in [2.24, 2.45) is 17.6 Å². The molecule has 0 spiro atoms. The Labute approximate surface area is 152 Å². The molecule has 0 saturated heterocycles. The van der Waals surface area contributed by atoms with Crippen LogP contribution >= 0.6 is 0 Å². The molecule has 0 radical (unpaired) electrons. The second-order valence-electron chi connectivity index (χ2n) is 8.03. The highest BCUT2D eigenvalue weighted by molar-refractivity contribution is 5.96. The predicted molar refractivity (Wildman–Crippen MR) is 97.7 cm³/mol. The van der Waals surface area contributed by atoms with Gasteiger partial charge in [0.2, 0.25) is 0 Å². The number of nitrogens with two attached hydrogens (primary N) is 1. The Morgan fingerprint density at radius 2 is 2.19 bits per heavy atom. The van der Waals surface area contributed by atoms with Crippen molar-refractivity contribution in [3.8, 4) is 5.75 Å². The summed E-state index contributed by atoms with van der Waals surface area (Å²) in [5, 5.41) is 33.1. The number of fused-ring (bicyclic) bond motifs is 1. The maximum atomic E-state index is 11.8. The van der Waals surface area contributed by atoms with Gasteiger partial charge in [-0.25, -0.2) is 0 Å². The number of aliphatic hydroxyl groups excluding tert-OH is 1. The average Bonchev–Trinajstić information content (AvgIpc) is 2.57. The van der Waals surface area contributed by atoms with Crippen LogP contribution in [-0.4, -0.2) is 32.9 Å². The summed E-state index contributed by atoms with van der Waals surface area (Å²) in [5.41, 5.74) is 5.03. The number of benzene rings is 1. The number of primary amides is 1. The summed E-state index contributed by atoms with van der Waals surface area (Å²) >= 11 is 0. The molecule has 3 aliphatic rings. The van der Waals surface area contributed by atoms with Gasteiger partial charge in [0.05, 0.1) is 17.3 Å². The number of rotatable bonds is 3. The molecule has 2 unspecified atom stereocenters. The van der Waals surface area contributed by atoms with Crippen LogP contribution in [0.2, 0.25) is 0 Å².